The summed E-state index contributed by atoms with van der Waals surface area (Å²) in [6.07, 6.45) is 0. The number of hydrogen-bond acceptors (Lipinski definition) is 5. The van der Waals surface area contributed by atoms with E-state index in [-0.39, 0.29) is 10.7 Å². The number of thiazole rings is 1. The molecular weight excluding hydrogens is 392 g/mol. The quantitative estimate of drug-likeness (QED) is 0.652. The van der Waals surface area contributed by atoms with Crippen LogP contribution in [-0.4, -0.2) is 20.5 Å². The van der Waals surface area contributed by atoms with Crippen molar-refractivity contribution in [3.05, 3.63) is 57.9 Å². The van der Waals surface area contributed by atoms with Crippen molar-refractivity contribution in [3.8, 4) is 16.3 Å². The Bertz CT molecular complexity index is 1060. The maximum atomic E-state index is 12.7. The fraction of sp³-hybridized carbons (Fsp3) is 0.167. The number of nitrogens with one attached hydrogen (secondary N) is 1. The summed E-state index contributed by atoms with van der Waals surface area (Å²) in [5.74, 6) is 0.948. The molecule has 0 saturated heterocycles. The van der Waals surface area contributed by atoms with Crippen LogP contribution in [0.3, 0.4) is 0 Å². The molecule has 0 unspecified atom stereocenters. The molecule has 3 rings (SSSR count). The zero-order valence-electron chi connectivity index (χ0n) is 14.4. The predicted octanol–water partition coefficient (Wildman–Crippen LogP) is 4.89. The van der Waals surface area contributed by atoms with E-state index in [1.165, 1.54) is 11.3 Å². The summed E-state index contributed by atoms with van der Waals surface area (Å²) in [6.45, 7) is 3.48. The Kier molecular flexibility index (Phi) is 5.22. The number of aromatic nitrogens is 1. The summed E-state index contributed by atoms with van der Waals surface area (Å²) in [6, 6.07) is 10.7. The SMILES string of the molecule is COc1ccccc1-c1nc(NS(=O)(=O)c2cc(C)c(Cl)cc2C)cs1. The molecule has 136 valence electrons. The second-order valence-corrected chi connectivity index (χ2v) is 8.63. The summed E-state index contributed by atoms with van der Waals surface area (Å²) in [5.41, 5.74) is 2.09. The molecule has 26 heavy (non-hydrogen) atoms. The van der Waals surface area contributed by atoms with Gasteiger partial charge < -0.3 is 4.74 Å². The minimum absolute atomic E-state index is 0.186. The summed E-state index contributed by atoms with van der Waals surface area (Å²) in [5, 5.41) is 2.87. The third-order valence-electron chi connectivity index (χ3n) is 3.83. The first-order valence-electron chi connectivity index (χ1n) is 7.70. The lowest BCUT2D eigenvalue weighted by Crippen LogP contribution is -2.14. The Labute approximate surface area is 161 Å². The minimum atomic E-state index is -3.76. The van der Waals surface area contributed by atoms with Crippen LogP contribution in [0.2, 0.25) is 5.02 Å². The highest BCUT2D eigenvalue weighted by molar-refractivity contribution is 7.92. The van der Waals surface area contributed by atoms with Gasteiger partial charge in [-0.05, 0) is 49.2 Å². The van der Waals surface area contributed by atoms with Gasteiger partial charge in [-0.3, -0.25) is 4.72 Å². The fourth-order valence-corrected chi connectivity index (χ4v) is 4.88. The Morgan fingerprint density at radius 2 is 1.88 bits per heavy atom. The van der Waals surface area contributed by atoms with Gasteiger partial charge in [0.2, 0.25) is 0 Å². The van der Waals surface area contributed by atoms with Crippen molar-refractivity contribution in [2.75, 3.05) is 11.8 Å². The number of aryl methyl sites for hydroxylation is 2. The van der Waals surface area contributed by atoms with Crippen LogP contribution in [0.1, 0.15) is 11.1 Å². The number of rotatable bonds is 5. The lowest BCUT2D eigenvalue weighted by atomic mass is 10.2. The van der Waals surface area contributed by atoms with E-state index >= 15 is 0 Å². The van der Waals surface area contributed by atoms with Gasteiger partial charge in [-0.1, -0.05) is 23.7 Å². The molecule has 2 aromatic carbocycles. The third kappa shape index (κ3) is 3.70. The van der Waals surface area contributed by atoms with Crippen molar-refractivity contribution in [2.24, 2.45) is 0 Å². The molecule has 0 aliphatic carbocycles. The number of halogens is 1. The standard InChI is InChI=1S/C18H17ClN2O3S2/c1-11-9-16(12(2)8-14(11)19)26(22,23)21-17-10-25-18(20-17)13-6-4-5-7-15(13)24-3/h4-10,21H,1-3H3. The Hall–Kier alpha value is -2.09. The molecule has 0 atom stereocenters. The van der Waals surface area contributed by atoms with Crippen molar-refractivity contribution in [3.63, 3.8) is 0 Å². The molecule has 0 fully saturated rings. The second-order valence-electron chi connectivity index (χ2n) is 5.71. The third-order valence-corrected chi connectivity index (χ3v) is 6.61. The van der Waals surface area contributed by atoms with E-state index in [1.807, 2.05) is 24.3 Å². The summed E-state index contributed by atoms with van der Waals surface area (Å²) >= 11 is 7.40. The van der Waals surface area contributed by atoms with Gasteiger partial charge in [0.1, 0.15) is 10.8 Å². The molecule has 1 aromatic heterocycles. The highest BCUT2D eigenvalue weighted by Gasteiger charge is 2.20. The number of hydrogen-bond donors (Lipinski definition) is 1. The van der Waals surface area contributed by atoms with Crippen molar-refractivity contribution < 1.29 is 13.2 Å². The largest absolute Gasteiger partial charge is 0.496 e. The lowest BCUT2D eigenvalue weighted by molar-refractivity contribution is 0.416. The molecule has 0 bridgehead atoms. The number of ether oxygens (including phenoxy) is 1. The summed E-state index contributed by atoms with van der Waals surface area (Å²) < 4.78 is 33.4. The van der Waals surface area contributed by atoms with Crippen LogP contribution in [-0.2, 0) is 10.0 Å². The van der Waals surface area contributed by atoms with E-state index in [0.29, 0.717) is 26.9 Å². The van der Waals surface area contributed by atoms with Gasteiger partial charge in [0, 0.05) is 10.4 Å². The predicted molar refractivity (Wildman–Crippen MR) is 106 cm³/mol. The molecule has 0 spiro atoms. The highest BCUT2D eigenvalue weighted by atomic mass is 35.5. The van der Waals surface area contributed by atoms with E-state index in [0.717, 1.165) is 5.56 Å². The molecule has 1 heterocycles. The molecule has 0 saturated carbocycles. The van der Waals surface area contributed by atoms with Crippen LogP contribution in [0, 0.1) is 13.8 Å². The zero-order valence-corrected chi connectivity index (χ0v) is 16.8. The molecule has 5 nitrogen and oxygen atoms in total. The number of benzene rings is 2. The Morgan fingerprint density at radius 3 is 2.62 bits per heavy atom. The van der Waals surface area contributed by atoms with Gasteiger partial charge in [-0.2, -0.15) is 0 Å². The van der Waals surface area contributed by atoms with Gasteiger partial charge in [-0.25, -0.2) is 13.4 Å². The minimum Gasteiger partial charge on any atom is -0.496 e. The molecule has 8 heteroatoms. The Morgan fingerprint density at radius 1 is 1.15 bits per heavy atom. The van der Waals surface area contributed by atoms with E-state index in [2.05, 4.69) is 9.71 Å². The molecule has 3 aromatic rings. The average molecular weight is 409 g/mol. The number of anilines is 1. The van der Waals surface area contributed by atoms with Gasteiger partial charge in [-0.15, -0.1) is 11.3 Å². The first-order valence-corrected chi connectivity index (χ1v) is 10.4. The van der Waals surface area contributed by atoms with Gasteiger partial charge >= 0.3 is 0 Å². The molecule has 1 N–H and O–H groups in total. The van der Waals surface area contributed by atoms with Crippen molar-refractivity contribution in [2.45, 2.75) is 18.7 Å². The molecule has 0 radical (unpaired) electrons. The number of para-hydroxylation sites is 1. The van der Waals surface area contributed by atoms with Gasteiger partial charge in [0.05, 0.1) is 17.6 Å². The van der Waals surface area contributed by atoms with Crippen LogP contribution in [0.4, 0.5) is 5.82 Å². The van der Waals surface area contributed by atoms with E-state index in [4.69, 9.17) is 16.3 Å². The van der Waals surface area contributed by atoms with Crippen LogP contribution >= 0.6 is 22.9 Å². The van der Waals surface area contributed by atoms with Crippen LogP contribution < -0.4 is 9.46 Å². The maximum Gasteiger partial charge on any atom is 0.263 e. The van der Waals surface area contributed by atoms with E-state index in [1.54, 1.807) is 38.5 Å². The van der Waals surface area contributed by atoms with Crippen LogP contribution in [0.15, 0.2) is 46.7 Å². The van der Waals surface area contributed by atoms with Crippen LogP contribution in [0.25, 0.3) is 10.6 Å². The first kappa shape index (κ1) is 18.7. The lowest BCUT2D eigenvalue weighted by Gasteiger charge is -2.10. The second kappa shape index (κ2) is 7.26. The van der Waals surface area contributed by atoms with Gasteiger partial charge in [0.15, 0.2) is 5.82 Å². The highest BCUT2D eigenvalue weighted by Crippen LogP contribution is 2.34. The Balaban J connectivity index is 1.93. The van der Waals surface area contributed by atoms with Crippen molar-refractivity contribution >= 4 is 38.8 Å². The maximum absolute atomic E-state index is 12.7. The first-order chi connectivity index (χ1) is 12.3. The molecule has 0 amide bonds. The fourth-order valence-electron chi connectivity index (χ4n) is 2.50. The molecule has 0 aliphatic rings. The molecule has 0 aliphatic heterocycles. The summed E-state index contributed by atoms with van der Waals surface area (Å²) in [7, 11) is -2.18. The van der Waals surface area contributed by atoms with Gasteiger partial charge in [0.25, 0.3) is 10.0 Å². The summed E-state index contributed by atoms with van der Waals surface area (Å²) in [4.78, 5) is 4.58. The van der Waals surface area contributed by atoms with Crippen LogP contribution in [0.5, 0.6) is 5.75 Å². The monoisotopic (exact) mass is 408 g/mol. The van der Waals surface area contributed by atoms with Crippen molar-refractivity contribution in [1.29, 1.82) is 0 Å². The van der Waals surface area contributed by atoms with Crippen molar-refractivity contribution in [1.82, 2.24) is 4.98 Å². The average Bonchev–Trinajstić information content (AvgIpc) is 3.05. The van der Waals surface area contributed by atoms with E-state index < -0.39 is 10.0 Å². The smallest absolute Gasteiger partial charge is 0.263 e. The topological polar surface area (TPSA) is 68.3 Å². The number of nitrogens with zero attached hydrogens (tertiary/aromatic N) is 1. The number of methoxy groups -OCH3 is 1. The zero-order chi connectivity index (χ0) is 18.9. The number of sulfonamides is 1. The normalized spacial score (nSPS) is 11.4. The van der Waals surface area contributed by atoms with E-state index in [9.17, 15) is 8.42 Å². The molecular formula is C18H17ClN2O3S2.